The van der Waals surface area contributed by atoms with E-state index in [0.717, 1.165) is 27.7 Å². The van der Waals surface area contributed by atoms with Crippen molar-refractivity contribution in [1.82, 2.24) is 10.3 Å². The summed E-state index contributed by atoms with van der Waals surface area (Å²) in [6.07, 6.45) is 0.549. The van der Waals surface area contributed by atoms with Crippen LogP contribution < -0.4 is 19.5 Å². The van der Waals surface area contributed by atoms with Crippen LogP contribution >= 0.6 is 0 Å². The van der Waals surface area contributed by atoms with Crippen LogP contribution in [0, 0.1) is 0 Å². The van der Waals surface area contributed by atoms with E-state index in [9.17, 15) is 4.79 Å². The number of nitrogens with one attached hydrogen (secondary N) is 2. The molecule has 0 saturated carbocycles. The molecule has 0 radical (unpaired) electrons. The molecule has 1 aromatic heterocycles. The summed E-state index contributed by atoms with van der Waals surface area (Å²) in [4.78, 5) is 15.9. The number of hydrogen-bond donors (Lipinski definition) is 2. The van der Waals surface area contributed by atoms with E-state index in [1.54, 1.807) is 21.3 Å². The van der Waals surface area contributed by atoms with Crippen molar-refractivity contribution < 1.29 is 23.7 Å². The normalized spacial score (nSPS) is 18.2. The predicted molar refractivity (Wildman–Crippen MR) is 109 cm³/mol. The molecule has 4 rings (SSSR count). The van der Waals surface area contributed by atoms with Crippen LogP contribution in [0.5, 0.6) is 17.2 Å². The summed E-state index contributed by atoms with van der Waals surface area (Å²) in [6.45, 7) is 0. The van der Waals surface area contributed by atoms with Crippen molar-refractivity contribution in [2.24, 2.45) is 0 Å². The number of carbonyl (C=O) groups is 1. The molecule has 0 saturated heterocycles. The van der Waals surface area contributed by atoms with Crippen LogP contribution in [0.3, 0.4) is 0 Å². The van der Waals surface area contributed by atoms with Crippen LogP contribution in [0.1, 0.15) is 22.9 Å². The molecule has 2 heterocycles. The number of aromatic nitrogens is 1. The van der Waals surface area contributed by atoms with Crippen molar-refractivity contribution in [2.45, 2.75) is 18.5 Å². The minimum atomic E-state index is -0.462. The lowest BCUT2D eigenvalue weighted by Crippen LogP contribution is -2.45. The molecule has 152 valence electrons. The third-order valence-electron chi connectivity index (χ3n) is 5.42. The predicted octanol–water partition coefficient (Wildman–Crippen LogP) is 2.97. The highest BCUT2D eigenvalue weighted by Gasteiger charge is 2.35. The number of esters is 1. The Labute approximate surface area is 168 Å². The van der Waals surface area contributed by atoms with Crippen LogP contribution in [0.25, 0.3) is 10.9 Å². The van der Waals surface area contributed by atoms with Gasteiger partial charge in [-0.3, -0.25) is 10.1 Å². The lowest BCUT2D eigenvalue weighted by Gasteiger charge is -2.31. The molecule has 0 spiro atoms. The first-order valence-electron chi connectivity index (χ1n) is 9.34. The van der Waals surface area contributed by atoms with E-state index in [2.05, 4.69) is 16.4 Å². The maximum atomic E-state index is 12.4. The first-order chi connectivity index (χ1) is 14.1. The molecule has 0 fully saturated rings. The van der Waals surface area contributed by atoms with Gasteiger partial charge in [0.1, 0.15) is 6.04 Å². The number of H-pyrrole nitrogens is 1. The standard InChI is InChI=1S/C22H24N2O5/c1-26-17-9-12(10-18(27-2)21(17)28-3)19-20-14(11-16(24-19)22(25)29-4)13-7-5-6-8-15(13)23-20/h5-10,16,19,23-24H,11H2,1-4H3. The first kappa shape index (κ1) is 19.1. The van der Waals surface area contributed by atoms with Crippen LogP contribution in [-0.2, 0) is 16.0 Å². The van der Waals surface area contributed by atoms with E-state index in [4.69, 9.17) is 18.9 Å². The third-order valence-corrected chi connectivity index (χ3v) is 5.42. The van der Waals surface area contributed by atoms with Crippen molar-refractivity contribution in [3.05, 3.63) is 53.2 Å². The third kappa shape index (κ3) is 3.17. The van der Waals surface area contributed by atoms with Gasteiger partial charge < -0.3 is 23.9 Å². The zero-order chi connectivity index (χ0) is 20.5. The van der Waals surface area contributed by atoms with Crippen LogP contribution in [0.15, 0.2) is 36.4 Å². The zero-order valence-corrected chi connectivity index (χ0v) is 16.9. The molecular formula is C22H24N2O5. The van der Waals surface area contributed by atoms with E-state index >= 15 is 0 Å². The SMILES string of the molecule is COC(=O)C1Cc2c([nH]c3ccccc23)C(c2cc(OC)c(OC)c(OC)c2)N1. The molecule has 1 aliphatic rings. The van der Waals surface area contributed by atoms with Crippen molar-refractivity contribution in [2.75, 3.05) is 28.4 Å². The number of ether oxygens (including phenoxy) is 4. The molecule has 3 aromatic rings. The monoisotopic (exact) mass is 396 g/mol. The van der Waals surface area contributed by atoms with Gasteiger partial charge in [-0.05, 0) is 29.3 Å². The summed E-state index contributed by atoms with van der Waals surface area (Å²) in [6, 6.07) is 11.1. The molecule has 0 amide bonds. The number of benzene rings is 2. The van der Waals surface area contributed by atoms with Crippen molar-refractivity contribution >= 4 is 16.9 Å². The Hall–Kier alpha value is -3.19. The summed E-state index contributed by atoms with van der Waals surface area (Å²) >= 11 is 0. The first-order valence-corrected chi connectivity index (χ1v) is 9.34. The van der Waals surface area contributed by atoms with E-state index < -0.39 is 6.04 Å². The number of methoxy groups -OCH3 is 4. The largest absolute Gasteiger partial charge is 0.493 e. The molecule has 2 unspecified atom stereocenters. The van der Waals surface area contributed by atoms with Crippen molar-refractivity contribution in [3.8, 4) is 17.2 Å². The average Bonchev–Trinajstić information content (AvgIpc) is 3.15. The average molecular weight is 396 g/mol. The fraction of sp³-hybridized carbons (Fsp3) is 0.318. The number of carbonyl (C=O) groups excluding carboxylic acids is 1. The minimum absolute atomic E-state index is 0.274. The van der Waals surface area contributed by atoms with Gasteiger partial charge in [-0.25, -0.2) is 0 Å². The number of fused-ring (bicyclic) bond motifs is 3. The second-order valence-corrected chi connectivity index (χ2v) is 6.90. The van der Waals surface area contributed by atoms with Crippen LogP contribution in [0.4, 0.5) is 0 Å². The van der Waals surface area contributed by atoms with Crippen molar-refractivity contribution in [1.29, 1.82) is 0 Å². The Morgan fingerprint density at radius 1 is 1.00 bits per heavy atom. The van der Waals surface area contributed by atoms with Gasteiger partial charge in [0, 0.05) is 23.0 Å². The van der Waals surface area contributed by atoms with E-state index in [0.29, 0.717) is 23.7 Å². The fourth-order valence-electron chi connectivity index (χ4n) is 4.06. The highest BCUT2D eigenvalue weighted by Crippen LogP contribution is 2.43. The van der Waals surface area contributed by atoms with Crippen LogP contribution in [-0.4, -0.2) is 45.4 Å². The molecule has 2 atom stereocenters. The van der Waals surface area contributed by atoms with E-state index in [-0.39, 0.29) is 12.0 Å². The molecule has 1 aliphatic heterocycles. The molecule has 7 heteroatoms. The van der Waals surface area contributed by atoms with Gasteiger partial charge in [-0.15, -0.1) is 0 Å². The molecule has 7 nitrogen and oxygen atoms in total. The van der Waals surface area contributed by atoms with E-state index in [1.807, 2.05) is 30.3 Å². The lowest BCUT2D eigenvalue weighted by molar-refractivity contribution is -0.143. The summed E-state index contributed by atoms with van der Waals surface area (Å²) in [5, 5.41) is 4.53. The van der Waals surface area contributed by atoms with Gasteiger partial charge in [0.05, 0.1) is 34.5 Å². The Bertz CT molecular complexity index is 1030. The van der Waals surface area contributed by atoms with Gasteiger partial charge in [-0.2, -0.15) is 0 Å². The maximum absolute atomic E-state index is 12.4. The quantitative estimate of drug-likeness (QED) is 0.646. The molecule has 0 bridgehead atoms. The van der Waals surface area contributed by atoms with Gasteiger partial charge in [0.25, 0.3) is 0 Å². The van der Waals surface area contributed by atoms with Crippen molar-refractivity contribution in [3.63, 3.8) is 0 Å². The van der Waals surface area contributed by atoms with Gasteiger partial charge in [-0.1, -0.05) is 18.2 Å². The smallest absolute Gasteiger partial charge is 0.323 e. The molecular weight excluding hydrogens is 372 g/mol. The summed E-state index contributed by atoms with van der Waals surface area (Å²) in [7, 11) is 6.15. The second-order valence-electron chi connectivity index (χ2n) is 6.90. The number of aromatic amines is 1. The fourth-order valence-corrected chi connectivity index (χ4v) is 4.06. The minimum Gasteiger partial charge on any atom is -0.493 e. The molecule has 0 aliphatic carbocycles. The number of para-hydroxylation sites is 1. The molecule has 2 N–H and O–H groups in total. The maximum Gasteiger partial charge on any atom is 0.323 e. The van der Waals surface area contributed by atoms with Gasteiger partial charge in [0.2, 0.25) is 5.75 Å². The topological polar surface area (TPSA) is 81.8 Å². The van der Waals surface area contributed by atoms with Crippen LogP contribution in [0.2, 0.25) is 0 Å². The van der Waals surface area contributed by atoms with Gasteiger partial charge in [0.15, 0.2) is 11.5 Å². The highest BCUT2D eigenvalue weighted by atomic mass is 16.5. The Morgan fingerprint density at radius 3 is 2.31 bits per heavy atom. The summed E-state index contributed by atoms with van der Waals surface area (Å²) in [5.41, 5.74) is 4.04. The highest BCUT2D eigenvalue weighted by molar-refractivity contribution is 5.87. The Morgan fingerprint density at radius 2 is 1.69 bits per heavy atom. The lowest BCUT2D eigenvalue weighted by atomic mass is 9.90. The Kier molecular flexibility index (Phi) is 5.07. The number of rotatable bonds is 5. The van der Waals surface area contributed by atoms with E-state index in [1.165, 1.54) is 7.11 Å². The number of hydrogen-bond acceptors (Lipinski definition) is 6. The van der Waals surface area contributed by atoms with Gasteiger partial charge >= 0.3 is 5.97 Å². The summed E-state index contributed by atoms with van der Waals surface area (Å²) < 4.78 is 21.5. The Balaban J connectivity index is 1.90. The molecule has 2 aromatic carbocycles. The zero-order valence-electron chi connectivity index (χ0n) is 16.9. The second kappa shape index (κ2) is 7.67. The summed E-state index contributed by atoms with van der Waals surface area (Å²) in [5.74, 6) is 1.34. The molecule has 29 heavy (non-hydrogen) atoms.